The molecule has 0 aliphatic heterocycles. The Hall–Kier alpha value is -3.41. The predicted octanol–water partition coefficient (Wildman–Crippen LogP) is 5.42. The second-order valence-corrected chi connectivity index (χ2v) is 5.99. The van der Waals surface area contributed by atoms with Gasteiger partial charge in [0, 0.05) is 29.6 Å². The second kappa shape index (κ2) is 6.72. The third kappa shape index (κ3) is 3.10. The highest BCUT2D eigenvalue weighted by Gasteiger charge is 2.14. The monoisotopic (exact) mass is 365 g/mol. The van der Waals surface area contributed by atoms with Crippen LogP contribution >= 0.6 is 0 Å². The molecular formula is C21H14F3N3. The van der Waals surface area contributed by atoms with Gasteiger partial charge in [0.2, 0.25) is 0 Å². The molecule has 0 aliphatic rings. The van der Waals surface area contributed by atoms with Gasteiger partial charge in [0.1, 0.15) is 11.6 Å². The van der Waals surface area contributed by atoms with Crippen LogP contribution in [-0.2, 0) is 0 Å². The molecule has 27 heavy (non-hydrogen) atoms. The van der Waals surface area contributed by atoms with Crippen LogP contribution in [0, 0.1) is 17.5 Å². The van der Waals surface area contributed by atoms with E-state index in [2.05, 4.69) is 15.3 Å². The van der Waals surface area contributed by atoms with Crippen LogP contribution in [0.2, 0.25) is 0 Å². The Bertz CT molecular complexity index is 1140. The number of nitrogens with one attached hydrogen (secondary N) is 1. The third-order valence-corrected chi connectivity index (χ3v) is 4.29. The van der Waals surface area contributed by atoms with Gasteiger partial charge in [0.15, 0.2) is 17.5 Å². The van der Waals surface area contributed by atoms with Crippen LogP contribution in [0.1, 0.15) is 0 Å². The van der Waals surface area contributed by atoms with Crippen LogP contribution in [0.5, 0.6) is 0 Å². The maximum atomic E-state index is 14.1. The van der Waals surface area contributed by atoms with E-state index in [1.165, 1.54) is 0 Å². The molecule has 0 radical (unpaired) electrons. The Labute approximate surface area is 153 Å². The Morgan fingerprint density at radius 3 is 2.22 bits per heavy atom. The molecule has 0 atom stereocenters. The van der Waals surface area contributed by atoms with Crippen molar-refractivity contribution in [2.75, 3.05) is 12.4 Å². The van der Waals surface area contributed by atoms with Crippen molar-refractivity contribution in [1.29, 1.82) is 0 Å². The quantitative estimate of drug-likeness (QED) is 0.493. The number of nitrogens with zero attached hydrogens (tertiary/aromatic N) is 2. The number of halogens is 3. The van der Waals surface area contributed by atoms with Gasteiger partial charge < -0.3 is 5.32 Å². The highest BCUT2D eigenvalue weighted by molar-refractivity contribution is 5.94. The summed E-state index contributed by atoms with van der Waals surface area (Å²) in [5, 5.41) is 3.67. The third-order valence-electron chi connectivity index (χ3n) is 4.29. The topological polar surface area (TPSA) is 37.8 Å². The molecule has 1 heterocycles. The van der Waals surface area contributed by atoms with Crippen molar-refractivity contribution < 1.29 is 13.2 Å². The van der Waals surface area contributed by atoms with Gasteiger partial charge in [-0.05, 0) is 23.8 Å². The number of fused-ring (bicyclic) bond motifs is 1. The van der Waals surface area contributed by atoms with E-state index >= 15 is 0 Å². The van der Waals surface area contributed by atoms with E-state index in [1.54, 1.807) is 25.2 Å². The number of anilines is 1. The molecule has 4 rings (SSSR count). The summed E-state index contributed by atoms with van der Waals surface area (Å²) in [5.74, 6) is -2.04. The van der Waals surface area contributed by atoms with E-state index in [0.29, 0.717) is 34.2 Å². The molecule has 134 valence electrons. The Balaban J connectivity index is 1.89. The van der Waals surface area contributed by atoms with Gasteiger partial charge in [-0.25, -0.2) is 23.1 Å². The highest BCUT2D eigenvalue weighted by Crippen LogP contribution is 2.31. The summed E-state index contributed by atoms with van der Waals surface area (Å²) in [6.07, 6.45) is 0. The molecular weight excluding hydrogens is 351 g/mol. The predicted molar refractivity (Wildman–Crippen MR) is 99.8 cm³/mol. The van der Waals surface area contributed by atoms with Crippen molar-refractivity contribution in [1.82, 2.24) is 9.97 Å². The average molecular weight is 365 g/mol. The zero-order chi connectivity index (χ0) is 19.0. The molecule has 0 saturated heterocycles. The standard InChI is InChI=1S/C21H14F3N3/c1-25-21-15-9-13(14-10-17(23)18(24)11-16(14)22)7-8-19(15)26-20(27-21)12-5-3-2-4-6-12/h2-11H,1H3,(H,25,26,27). The zero-order valence-corrected chi connectivity index (χ0v) is 14.3. The molecule has 6 heteroatoms. The minimum atomic E-state index is -1.22. The molecule has 0 saturated carbocycles. The molecule has 3 nitrogen and oxygen atoms in total. The van der Waals surface area contributed by atoms with Gasteiger partial charge in [-0.1, -0.05) is 36.4 Å². The first-order valence-corrected chi connectivity index (χ1v) is 8.26. The van der Waals surface area contributed by atoms with Crippen LogP contribution < -0.4 is 5.32 Å². The SMILES string of the molecule is CNc1nc(-c2ccccc2)nc2ccc(-c3cc(F)c(F)cc3F)cc12. The summed E-state index contributed by atoms with van der Waals surface area (Å²) >= 11 is 0. The fourth-order valence-electron chi connectivity index (χ4n) is 2.95. The molecule has 0 amide bonds. The minimum absolute atomic E-state index is 0.0232. The molecule has 0 fully saturated rings. The molecule has 0 aliphatic carbocycles. The van der Waals surface area contributed by atoms with Crippen LogP contribution in [0.3, 0.4) is 0 Å². The largest absolute Gasteiger partial charge is 0.373 e. The summed E-state index contributed by atoms with van der Waals surface area (Å²) in [4.78, 5) is 9.09. The molecule has 0 unspecified atom stereocenters. The van der Waals surface area contributed by atoms with Gasteiger partial charge in [0.25, 0.3) is 0 Å². The molecule has 0 spiro atoms. The molecule has 3 aromatic carbocycles. The summed E-state index contributed by atoms with van der Waals surface area (Å²) in [6.45, 7) is 0. The fraction of sp³-hybridized carbons (Fsp3) is 0.0476. The zero-order valence-electron chi connectivity index (χ0n) is 14.3. The summed E-state index contributed by atoms with van der Waals surface area (Å²) in [7, 11) is 1.72. The summed E-state index contributed by atoms with van der Waals surface area (Å²) in [5.41, 5.74) is 1.91. The van der Waals surface area contributed by atoms with Crippen molar-refractivity contribution in [3.05, 3.63) is 78.1 Å². The lowest BCUT2D eigenvalue weighted by Gasteiger charge is -2.11. The first-order valence-electron chi connectivity index (χ1n) is 8.26. The Morgan fingerprint density at radius 1 is 0.741 bits per heavy atom. The van der Waals surface area contributed by atoms with Crippen LogP contribution in [-0.4, -0.2) is 17.0 Å². The van der Waals surface area contributed by atoms with Crippen LogP contribution in [0.4, 0.5) is 19.0 Å². The molecule has 1 aromatic heterocycles. The minimum Gasteiger partial charge on any atom is -0.373 e. The average Bonchev–Trinajstić information content (AvgIpc) is 2.70. The van der Waals surface area contributed by atoms with E-state index in [0.717, 1.165) is 11.6 Å². The van der Waals surface area contributed by atoms with Gasteiger partial charge in [-0.15, -0.1) is 0 Å². The second-order valence-electron chi connectivity index (χ2n) is 5.99. The first kappa shape index (κ1) is 17.0. The van der Waals surface area contributed by atoms with Crippen molar-refractivity contribution >= 4 is 16.7 Å². The van der Waals surface area contributed by atoms with E-state index in [9.17, 15) is 13.2 Å². The van der Waals surface area contributed by atoms with Crippen molar-refractivity contribution in [2.45, 2.75) is 0 Å². The lowest BCUT2D eigenvalue weighted by atomic mass is 10.0. The van der Waals surface area contributed by atoms with E-state index in [4.69, 9.17) is 0 Å². The normalized spacial score (nSPS) is 11.0. The first-order chi connectivity index (χ1) is 13.1. The number of hydrogen-bond donors (Lipinski definition) is 1. The summed E-state index contributed by atoms with van der Waals surface area (Å²) in [6, 6.07) is 15.9. The maximum Gasteiger partial charge on any atom is 0.162 e. The highest BCUT2D eigenvalue weighted by atomic mass is 19.2. The van der Waals surface area contributed by atoms with Gasteiger partial charge in [-0.3, -0.25) is 0 Å². The molecule has 0 bridgehead atoms. The lowest BCUT2D eigenvalue weighted by Crippen LogP contribution is -1.99. The Kier molecular flexibility index (Phi) is 4.24. The molecule has 1 N–H and O–H groups in total. The van der Waals surface area contributed by atoms with Crippen LogP contribution in [0.15, 0.2) is 60.7 Å². The molecule has 4 aromatic rings. The fourth-order valence-corrected chi connectivity index (χ4v) is 2.95. The van der Waals surface area contributed by atoms with Crippen molar-refractivity contribution in [3.8, 4) is 22.5 Å². The number of benzene rings is 3. The number of hydrogen-bond acceptors (Lipinski definition) is 3. The van der Waals surface area contributed by atoms with E-state index < -0.39 is 17.5 Å². The van der Waals surface area contributed by atoms with Gasteiger partial charge in [0.05, 0.1) is 5.52 Å². The Morgan fingerprint density at radius 2 is 1.48 bits per heavy atom. The lowest BCUT2D eigenvalue weighted by molar-refractivity contribution is 0.496. The van der Waals surface area contributed by atoms with E-state index in [-0.39, 0.29) is 5.56 Å². The van der Waals surface area contributed by atoms with Crippen LogP contribution in [0.25, 0.3) is 33.4 Å². The summed E-state index contributed by atoms with van der Waals surface area (Å²) < 4.78 is 40.9. The van der Waals surface area contributed by atoms with E-state index in [1.807, 2.05) is 30.3 Å². The van der Waals surface area contributed by atoms with Gasteiger partial charge >= 0.3 is 0 Å². The van der Waals surface area contributed by atoms with Crippen molar-refractivity contribution in [3.63, 3.8) is 0 Å². The maximum absolute atomic E-state index is 14.1. The van der Waals surface area contributed by atoms with Gasteiger partial charge in [-0.2, -0.15) is 0 Å². The van der Waals surface area contributed by atoms with Crippen molar-refractivity contribution in [2.24, 2.45) is 0 Å². The number of rotatable bonds is 3. The number of aromatic nitrogens is 2. The smallest absolute Gasteiger partial charge is 0.162 e.